The molecule has 0 spiro atoms. The van der Waals surface area contributed by atoms with Crippen LogP contribution in [-0.4, -0.2) is 31.2 Å². The van der Waals surface area contributed by atoms with E-state index in [1.165, 1.54) is 0 Å². The zero-order valence-corrected chi connectivity index (χ0v) is 11.5. The van der Waals surface area contributed by atoms with E-state index in [-0.39, 0.29) is 5.91 Å². The summed E-state index contributed by atoms with van der Waals surface area (Å²) in [6.45, 7) is 3.25. The standard InChI is InChI=1S/C13H22N4O2/c1-10-8-11(9-12(16-10)17-14)13(18)15-6-4-3-5-7-19-2/h8-9H,3-7,14H2,1-2H3,(H,15,18)(H,16,17). The van der Waals surface area contributed by atoms with Crippen LogP contribution >= 0.6 is 0 Å². The average Bonchev–Trinajstić information content (AvgIpc) is 2.41. The maximum atomic E-state index is 11.9. The van der Waals surface area contributed by atoms with Gasteiger partial charge in [-0.2, -0.15) is 0 Å². The second-order valence-corrected chi connectivity index (χ2v) is 4.34. The number of rotatable bonds is 8. The summed E-state index contributed by atoms with van der Waals surface area (Å²) in [4.78, 5) is 16.1. The van der Waals surface area contributed by atoms with E-state index in [0.29, 0.717) is 17.9 Å². The Hall–Kier alpha value is -1.66. The largest absolute Gasteiger partial charge is 0.385 e. The smallest absolute Gasteiger partial charge is 0.251 e. The zero-order chi connectivity index (χ0) is 14.1. The summed E-state index contributed by atoms with van der Waals surface area (Å²) in [5.74, 6) is 5.69. The minimum Gasteiger partial charge on any atom is -0.385 e. The highest BCUT2D eigenvalue weighted by Crippen LogP contribution is 2.09. The Balaban J connectivity index is 2.39. The molecule has 6 nitrogen and oxygen atoms in total. The van der Waals surface area contributed by atoms with Crippen LogP contribution in [0, 0.1) is 6.92 Å². The van der Waals surface area contributed by atoms with Crippen molar-refractivity contribution in [2.75, 3.05) is 25.7 Å². The third kappa shape index (κ3) is 5.67. The number of unbranched alkanes of at least 4 members (excludes halogenated alkanes) is 2. The molecule has 1 amide bonds. The number of ether oxygens (including phenoxy) is 1. The molecule has 106 valence electrons. The van der Waals surface area contributed by atoms with E-state index in [4.69, 9.17) is 10.6 Å². The lowest BCUT2D eigenvalue weighted by atomic mass is 10.2. The van der Waals surface area contributed by atoms with Crippen LogP contribution in [0.5, 0.6) is 0 Å². The second kappa shape index (κ2) is 8.44. The number of carbonyl (C=O) groups excluding carboxylic acids is 1. The van der Waals surface area contributed by atoms with Crippen LogP contribution in [0.1, 0.15) is 35.3 Å². The summed E-state index contributed by atoms with van der Waals surface area (Å²) in [6.07, 6.45) is 3.00. The monoisotopic (exact) mass is 266 g/mol. The molecule has 1 heterocycles. The third-order valence-electron chi connectivity index (χ3n) is 2.67. The molecule has 0 saturated heterocycles. The fourth-order valence-corrected chi connectivity index (χ4v) is 1.73. The van der Waals surface area contributed by atoms with Crippen LogP contribution in [0.2, 0.25) is 0 Å². The van der Waals surface area contributed by atoms with Gasteiger partial charge < -0.3 is 15.5 Å². The number of aryl methyl sites for hydroxylation is 1. The van der Waals surface area contributed by atoms with Gasteiger partial charge in [-0.15, -0.1) is 0 Å². The lowest BCUT2D eigenvalue weighted by molar-refractivity contribution is 0.0952. The summed E-state index contributed by atoms with van der Waals surface area (Å²) in [7, 11) is 1.69. The van der Waals surface area contributed by atoms with Gasteiger partial charge in [0.2, 0.25) is 0 Å². The van der Waals surface area contributed by atoms with Crippen molar-refractivity contribution >= 4 is 11.7 Å². The number of hydrogen-bond donors (Lipinski definition) is 3. The molecule has 0 unspecified atom stereocenters. The highest BCUT2D eigenvalue weighted by molar-refractivity contribution is 5.94. The summed E-state index contributed by atoms with van der Waals surface area (Å²) < 4.78 is 4.96. The van der Waals surface area contributed by atoms with E-state index >= 15 is 0 Å². The van der Waals surface area contributed by atoms with Crippen LogP contribution in [0.25, 0.3) is 0 Å². The molecule has 0 fully saturated rings. The molecule has 0 radical (unpaired) electrons. The molecule has 0 aliphatic heterocycles. The predicted octanol–water partition coefficient (Wildman–Crippen LogP) is 1.22. The number of nitrogen functional groups attached to an aromatic ring is 1. The number of nitrogens with zero attached hydrogens (tertiary/aromatic N) is 1. The Morgan fingerprint density at radius 3 is 2.84 bits per heavy atom. The van der Waals surface area contributed by atoms with Crippen LogP contribution in [0.15, 0.2) is 12.1 Å². The van der Waals surface area contributed by atoms with Crippen molar-refractivity contribution < 1.29 is 9.53 Å². The molecule has 0 aliphatic carbocycles. The number of nitrogens with two attached hydrogens (primary N) is 1. The Kier molecular flexibility index (Phi) is 6.84. The van der Waals surface area contributed by atoms with Gasteiger partial charge in [0.1, 0.15) is 5.82 Å². The lowest BCUT2D eigenvalue weighted by Gasteiger charge is -2.07. The number of nitrogens with one attached hydrogen (secondary N) is 2. The first-order valence-electron chi connectivity index (χ1n) is 6.40. The first kappa shape index (κ1) is 15.4. The van der Waals surface area contributed by atoms with E-state index in [2.05, 4.69) is 15.7 Å². The number of methoxy groups -OCH3 is 1. The number of anilines is 1. The third-order valence-corrected chi connectivity index (χ3v) is 2.67. The number of hydrazine groups is 1. The van der Waals surface area contributed by atoms with Crippen molar-refractivity contribution in [3.8, 4) is 0 Å². The molecule has 0 aromatic carbocycles. The first-order valence-corrected chi connectivity index (χ1v) is 6.40. The topological polar surface area (TPSA) is 89.3 Å². The molecule has 0 atom stereocenters. The van der Waals surface area contributed by atoms with Gasteiger partial charge in [0.25, 0.3) is 5.91 Å². The fourth-order valence-electron chi connectivity index (χ4n) is 1.73. The maximum Gasteiger partial charge on any atom is 0.251 e. The van der Waals surface area contributed by atoms with E-state index in [9.17, 15) is 4.79 Å². The second-order valence-electron chi connectivity index (χ2n) is 4.34. The number of aromatic nitrogens is 1. The number of pyridine rings is 1. The minimum absolute atomic E-state index is 0.103. The lowest BCUT2D eigenvalue weighted by Crippen LogP contribution is -2.25. The Morgan fingerprint density at radius 2 is 2.16 bits per heavy atom. The van der Waals surface area contributed by atoms with Crippen LogP contribution in [0.4, 0.5) is 5.82 Å². The van der Waals surface area contributed by atoms with E-state index < -0.39 is 0 Å². The molecule has 1 aromatic rings. The molecule has 6 heteroatoms. The molecule has 0 aliphatic rings. The SMILES string of the molecule is COCCCCCNC(=O)c1cc(C)nc(NN)c1. The quantitative estimate of drug-likeness (QED) is 0.374. The Morgan fingerprint density at radius 1 is 1.37 bits per heavy atom. The van der Waals surface area contributed by atoms with Crippen LogP contribution < -0.4 is 16.6 Å². The minimum atomic E-state index is -0.103. The summed E-state index contributed by atoms with van der Waals surface area (Å²) >= 11 is 0. The highest BCUT2D eigenvalue weighted by Gasteiger charge is 2.07. The number of amides is 1. The van der Waals surface area contributed by atoms with Crippen molar-refractivity contribution in [3.63, 3.8) is 0 Å². The Labute approximate surface area is 113 Å². The molecule has 1 aromatic heterocycles. The van der Waals surface area contributed by atoms with Crippen molar-refractivity contribution in [1.82, 2.24) is 10.3 Å². The zero-order valence-electron chi connectivity index (χ0n) is 11.5. The van der Waals surface area contributed by atoms with Gasteiger partial charge in [-0.1, -0.05) is 0 Å². The van der Waals surface area contributed by atoms with Gasteiger partial charge in [0.15, 0.2) is 0 Å². The molecule has 4 N–H and O–H groups in total. The van der Waals surface area contributed by atoms with Gasteiger partial charge in [-0.25, -0.2) is 10.8 Å². The first-order chi connectivity index (χ1) is 9.17. The molecule has 0 bridgehead atoms. The van der Waals surface area contributed by atoms with Gasteiger partial charge in [-0.3, -0.25) is 4.79 Å². The van der Waals surface area contributed by atoms with Gasteiger partial charge in [0.05, 0.1) is 0 Å². The predicted molar refractivity (Wildman–Crippen MR) is 74.8 cm³/mol. The van der Waals surface area contributed by atoms with Crippen molar-refractivity contribution in [2.24, 2.45) is 5.84 Å². The van der Waals surface area contributed by atoms with E-state index in [1.807, 2.05) is 6.92 Å². The normalized spacial score (nSPS) is 10.3. The summed E-state index contributed by atoms with van der Waals surface area (Å²) in [5, 5.41) is 2.88. The van der Waals surface area contributed by atoms with E-state index in [0.717, 1.165) is 31.6 Å². The van der Waals surface area contributed by atoms with Gasteiger partial charge in [0, 0.05) is 31.5 Å². The average molecular weight is 266 g/mol. The maximum absolute atomic E-state index is 11.9. The van der Waals surface area contributed by atoms with E-state index in [1.54, 1.807) is 19.2 Å². The van der Waals surface area contributed by atoms with Gasteiger partial charge in [-0.05, 0) is 38.3 Å². The molecular formula is C13H22N4O2. The van der Waals surface area contributed by atoms with Gasteiger partial charge >= 0.3 is 0 Å². The van der Waals surface area contributed by atoms with Crippen molar-refractivity contribution in [2.45, 2.75) is 26.2 Å². The molecule has 1 rings (SSSR count). The van der Waals surface area contributed by atoms with Crippen LogP contribution in [-0.2, 0) is 4.74 Å². The Bertz CT molecular complexity index is 410. The van der Waals surface area contributed by atoms with Crippen molar-refractivity contribution in [1.29, 1.82) is 0 Å². The molecule has 0 saturated carbocycles. The fraction of sp³-hybridized carbons (Fsp3) is 0.538. The number of carbonyl (C=O) groups is 1. The summed E-state index contributed by atoms with van der Waals surface area (Å²) in [5.41, 5.74) is 3.77. The molecular weight excluding hydrogens is 244 g/mol. The van der Waals surface area contributed by atoms with Crippen molar-refractivity contribution in [3.05, 3.63) is 23.4 Å². The highest BCUT2D eigenvalue weighted by atomic mass is 16.5. The summed E-state index contributed by atoms with van der Waals surface area (Å²) in [6, 6.07) is 3.37. The number of hydrogen-bond acceptors (Lipinski definition) is 5. The molecule has 19 heavy (non-hydrogen) atoms. The van der Waals surface area contributed by atoms with Crippen LogP contribution in [0.3, 0.4) is 0 Å².